The van der Waals surface area contributed by atoms with Gasteiger partial charge < -0.3 is 10.5 Å². The van der Waals surface area contributed by atoms with Crippen molar-refractivity contribution in [2.75, 3.05) is 7.11 Å². The molecule has 0 unspecified atom stereocenters. The number of nitrogens with two attached hydrogens (primary N) is 1. The molecule has 1 rings (SSSR count). The highest BCUT2D eigenvalue weighted by Gasteiger charge is 2.38. The smallest absolute Gasteiger partial charge is 0.325 e. The van der Waals surface area contributed by atoms with Gasteiger partial charge in [0.05, 0.1) is 7.11 Å². The van der Waals surface area contributed by atoms with E-state index in [-0.39, 0.29) is 5.97 Å². The first-order valence-electron chi connectivity index (χ1n) is 5.49. The van der Waals surface area contributed by atoms with Crippen LogP contribution in [-0.2, 0) is 9.53 Å². The standard InChI is InChI=1S/C11H21NO2/c1-3-4-9-5-7-11(12,8-6-9)10(13)14-2/h9H,3-8,12H2,1-2H3. The van der Waals surface area contributed by atoms with Gasteiger partial charge in [-0.25, -0.2) is 0 Å². The van der Waals surface area contributed by atoms with Gasteiger partial charge in [-0.15, -0.1) is 0 Å². The van der Waals surface area contributed by atoms with Crippen LogP contribution in [0, 0.1) is 5.92 Å². The maximum atomic E-state index is 11.4. The molecular formula is C11H21NO2. The van der Waals surface area contributed by atoms with Crippen LogP contribution in [0.25, 0.3) is 0 Å². The number of carbonyl (C=O) groups is 1. The summed E-state index contributed by atoms with van der Waals surface area (Å²) in [4.78, 5) is 11.4. The lowest BCUT2D eigenvalue weighted by atomic mass is 9.76. The molecule has 0 heterocycles. The molecule has 0 aromatic rings. The molecule has 1 aliphatic rings. The number of ether oxygens (including phenoxy) is 1. The molecule has 2 N–H and O–H groups in total. The topological polar surface area (TPSA) is 52.3 Å². The van der Waals surface area contributed by atoms with Gasteiger partial charge in [0.25, 0.3) is 0 Å². The number of esters is 1. The summed E-state index contributed by atoms with van der Waals surface area (Å²) in [6.45, 7) is 2.20. The zero-order chi connectivity index (χ0) is 10.6. The average Bonchev–Trinajstić information content (AvgIpc) is 2.21. The van der Waals surface area contributed by atoms with Crippen molar-refractivity contribution in [3.8, 4) is 0 Å². The van der Waals surface area contributed by atoms with Crippen molar-refractivity contribution in [3.63, 3.8) is 0 Å². The monoisotopic (exact) mass is 199 g/mol. The van der Waals surface area contributed by atoms with Crippen LogP contribution >= 0.6 is 0 Å². The number of carbonyl (C=O) groups excluding carboxylic acids is 1. The summed E-state index contributed by atoms with van der Waals surface area (Å²) in [5, 5.41) is 0. The first kappa shape index (κ1) is 11.5. The van der Waals surface area contributed by atoms with Crippen molar-refractivity contribution >= 4 is 5.97 Å². The van der Waals surface area contributed by atoms with E-state index in [9.17, 15) is 4.79 Å². The number of hydrogen-bond donors (Lipinski definition) is 1. The zero-order valence-electron chi connectivity index (χ0n) is 9.21. The second-order valence-electron chi connectivity index (χ2n) is 4.38. The number of methoxy groups -OCH3 is 1. The Kier molecular flexibility index (Phi) is 3.93. The van der Waals surface area contributed by atoms with Crippen molar-refractivity contribution < 1.29 is 9.53 Å². The fourth-order valence-corrected chi connectivity index (χ4v) is 2.30. The molecular weight excluding hydrogens is 178 g/mol. The van der Waals surface area contributed by atoms with Gasteiger partial charge in [-0.2, -0.15) is 0 Å². The highest BCUT2D eigenvalue weighted by atomic mass is 16.5. The van der Waals surface area contributed by atoms with E-state index in [0.717, 1.165) is 31.6 Å². The molecule has 14 heavy (non-hydrogen) atoms. The first-order chi connectivity index (χ1) is 6.62. The van der Waals surface area contributed by atoms with Crippen LogP contribution in [-0.4, -0.2) is 18.6 Å². The Morgan fingerprint density at radius 1 is 1.50 bits per heavy atom. The molecule has 82 valence electrons. The van der Waals surface area contributed by atoms with Gasteiger partial charge >= 0.3 is 5.97 Å². The molecule has 0 aromatic heterocycles. The predicted octanol–water partition coefficient (Wildman–Crippen LogP) is 1.85. The van der Waals surface area contributed by atoms with E-state index < -0.39 is 5.54 Å². The van der Waals surface area contributed by atoms with E-state index >= 15 is 0 Å². The van der Waals surface area contributed by atoms with Gasteiger partial charge in [-0.1, -0.05) is 19.8 Å². The van der Waals surface area contributed by atoms with Gasteiger partial charge in [0.15, 0.2) is 0 Å². The van der Waals surface area contributed by atoms with E-state index in [1.807, 2.05) is 0 Å². The Bertz CT molecular complexity index is 195. The minimum absolute atomic E-state index is 0.243. The second kappa shape index (κ2) is 4.78. The number of rotatable bonds is 3. The fourth-order valence-electron chi connectivity index (χ4n) is 2.30. The Morgan fingerprint density at radius 2 is 2.07 bits per heavy atom. The van der Waals surface area contributed by atoms with Gasteiger partial charge in [-0.3, -0.25) is 4.79 Å². The molecule has 1 saturated carbocycles. The summed E-state index contributed by atoms with van der Waals surface area (Å²) < 4.78 is 4.72. The van der Waals surface area contributed by atoms with E-state index in [0.29, 0.717) is 0 Å². The molecule has 1 aliphatic carbocycles. The van der Waals surface area contributed by atoms with Crippen LogP contribution in [0.4, 0.5) is 0 Å². The molecule has 3 heteroatoms. The predicted molar refractivity (Wildman–Crippen MR) is 55.8 cm³/mol. The van der Waals surface area contributed by atoms with Crippen molar-refractivity contribution in [2.24, 2.45) is 11.7 Å². The molecule has 0 saturated heterocycles. The van der Waals surface area contributed by atoms with Crippen LogP contribution in [0.5, 0.6) is 0 Å². The molecule has 0 bridgehead atoms. The Morgan fingerprint density at radius 3 is 2.50 bits per heavy atom. The fraction of sp³-hybridized carbons (Fsp3) is 0.909. The minimum atomic E-state index is -0.695. The van der Waals surface area contributed by atoms with Gasteiger partial charge in [0.1, 0.15) is 5.54 Å². The van der Waals surface area contributed by atoms with E-state index in [2.05, 4.69) is 6.92 Å². The summed E-state index contributed by atoms with van der Waals surface area (Å²) >= 11 is 0. The largest absolute Gasteiger partial charge is 0.468 e. The third kappa shape index (κ3) is 2.47. The Labute approximate surface area is 86.0 Å². The Balaban J connectivity index is 2.44. The third-order valence-corrected chi connectivity index (χ3v) is 3.29. The first-order valence-corrected chi connectivity index (χ1v) is 5.49. The van der Waals surface area contributed by atoms with Gasteiger partial charge in [0.2, 0.25) is 0 Å². The molecule has 0 atom stereocenters. The van der Waals surface area contributed by atoms with E-state index in [4.69, 9.17) is 10.5 Å². The summed E-state index contributed by atoms with van der Waals surface area (Å²) in [6, 6.07) is 0. The SMILES string of the molecule is CCCC1CCC(N)(C(=O)OC)CC1. The maximum absolute atomic E-state index is 11.4. The molecule has 0 amide bonds. The van der Waals surface area contributed by atoms with Crippen LogP contribution in [0.15, 0.2) is 0 Å². The van der Waals surface area contributed by atoms with Crippen LogP contribution in [0.2, 0.25) is 0 Å². The lowest BCUT2D eigenvalue weighted by Crippen LogP contribution is -2.51. The third-order valence-electron chi connectivity index (χ3n) is 3.29. The molecule has 1 fully saturated rings. The van der Waals surface area contributed by atoms with E-state index in [1.165, 1.54) is 20.0 Å². The molecule has 0 spiro atoms. The van der Waals surface area contributed by atoms with Crippen LogP contribution in [0.3, 0.4) is 0 Å². The zero-order valence-corrected chi connectivity index (χ0v) is 9.21. The van der Waals surface area contributed by atoms with Crippen molar-refractivity contribution in [1.29, 1.82) is 0 Å². The average molecular weight is 199 g/mol. The quantitative estimate of drug-likeness (QED) is 0.706. The highest BCUT2D eigenvalue weighted by Crippen LogP contribution is 2.33. The van der Waals surface area contributed by atoms with Crippen molar-refractivity contribution in [2.45, 2.75) is 51.0 Å². The summed E-state index contributed by atoms with van der Waals surface area (Å²) in [7, 11) is 1.41. The minimum Gasteiger partial charge on any atom is -0.468 e. The van der Waals surface area contributed by atoms with Crippen molar-refractivity contribution in [1.82, 2.24) is 0 Å². The lowest BCUT2D eigenvalue weighted by Gasteiger charge is -2.34. The van der Waals surface area contributed by atoms with Crippen molar-refractivity contribution in [3.05, 3.63) is 0 Å². The second-order valence-corrected chi connectivity index (χ2v) is 4.38. The van der Waals surface area contributed by atoms with Gasteiger partial charge in [0, 0.05) is 0 Å². The number of hydrogen-bond acceptors (Lipinski definition) is 3. The Hall–Kier alpha value is -0.570. The van der Waals surface area contributed by atoms with E-state index in [1.54, 1.807) is 0 Å². The lowest BCUT2D eigenvalue weighted by molar-refractivity contribution is -0.148. The molecule has 0 aliphatic heterocycles. The van der Waals surface area contributed by atoms with Crippen LogP contribution < -0.4 is 5.73 Å². The maximum Gasteiger partial charge on any atom is 0.325 e. The molecule has 3 nitrogen and oxygen atoms in total. The summed E-state index contributed by atoms with van der Waals surface area (Å²) in [5.41, 5.74) is 5.30. The van der Waals surface area contributed by atoms with Crippen LogP contribution in [0.1, 0.15) is 45.4 Å². The molecule has 0 aromatic carbocycles. The van der Waals surface area contributed by atoms with Gasteiger partial charge in [-0.05, 0) is 31.6 Å². The summed E-state index contributed by atoms with van der Waals surface area (Å²) in [6.07, 6.45) is 6.19. The highest BCUT2D eigenvalue weighted by molar-refractivity contribution is 5.80. The summed E-state index contributed by atoms with van der Waals surface area (Å²) in [5.74, 6) is 0.522. The normalized spacial score (nSPS) is 32.6. The molecule has 0 radical (unpaired) electrons.